The summed E-state index contributed by atoms with van der Waals surface area (Å²) in [5, 5.41) is 7.00. The first-order chi connectivity index (χ1) is 12.6. The normalized spacial score (nSPS) is 13.7. The third kappa shape index (κ3) is 36.9. The number of hydrogen-bond acceptors (Lipinski definition) is 0. The van der Waals surface area contributed by atoms with Crippen molar-refractivity contribution in [3.8, 4) is 0 Å². The Hall–Kier alpha value is 0.0281. The van der Waals surface area contributed by atoms with Gasteiger partial charge in [-0.1, -0.05) is 62.8 Å². The molecule has 0 aromatic heterocycles. The van der Waals surface area contributed by atoms with Crippen LogP contribution in [0.15, 0.2) is 45.7 Å². The largest absolute Gasteiger partial charge is 0.668 e. The van der Waals surface area contributed by atoms with Crippen LogP contribution in [0.4, 0.5) is 0 Å². The molecule has 0 heterocycles. The molecule has 5 heteroatoms. The topological polar surface area (TPSA) is 28.2 Å². The molecule has 1 aliphatic carbocycles. The SMILES string of the molecule is C[C](C)(C)[Ti+2][C]1=CC=CC1.C[N-]C.C[N-]C.C[Si](C)(C)C=CC=C[Si](C)(C)C. The second-order valence-electron chi connectivity index (χ2n) is 10.0. The molecule has 0 aromatic rings. The second-order valence-corrected chi connectivity index (χ2v) is 23.9. The zero-order valence-corrected chi connectivity index (χ0v) is 24.7. The monoisotopic (exact) mass is 456 g/mol. The molecule has 28 heavy (non-hydrogen) atoms. The summed E-state index contributed by atoms with van der Waals surface area (Å²) in [5.41, 5.74) is 4.76. The van der Waals surface area contributed by atoms with Crippen LogP contribution in [0.2, 0.25) is 43.0 Å². The Bertz CT molecular complexity index is 450. The summed E-state index contributed by atoms with van der Waals surface area (Å²) in [6.45, 7) is 21.1. The molecule has 0 saturated heterocycles. The van der Waals surface area contributed by atoms with E-state index < -0.39 is 16.1 Å². The molecule has 162 valence electrons. The van der Waals surface area contributed by atoms with Crippen LogP contribution in [0.5, 0.6) is 0 Å². The van der Waals surface area contributed by atoms with Crippen LogP contribution in [0.3, 0.4) is 0 Å². The van der Waals surface area contributed by atoms with Gasteiger partial charge in [-0.15, -0.1) is 0 Å². The van der Waals surface area contributed by atoms with Gasteiger partial charge in [0.25, 0.3) is 0 Å². The first-order valence-electron chi connectivity index (χ1n) is 10.1. The molecular weight excluding hydrogens is 408 g/mol. The Balaban J connectivity index is -0.000000351. The molecule has 1 aliphatic rings. The van der Waals surface area contributed by atoms with Gasteiger partial charge in [0.05, 0.1) is 16.1 Å². The van der Waals surface area contributed by atoms with Crippen molar-refractivity contribution in [2.75, 3.05) is 28.2 Å². The molecule has 0 amide bonds. The molecule has 0 spiro atoms. The van der Waals surface area contributed by atoms with E-state index in [9.17, 15) is 0 Å². The molecule has 1 rings (SSSR count). The van der Waals surface area contributed by atoms with Crippen LogP contribution in [0.25, 0.3) is 10.6 Å². The Kier molecular flexibility index (Phi) is 20.8. The van der Waals surface area contributed by atoms with Crippen LogP contribution in [0.1, 0.15) is 27.2 Å². The van der Waals surface area contributed by atoms with Crippen LogP contribution in [0, 0.1) is 0 Å². The first kappa shape index (κ1) is 32.7. The van der Waals surface area contributed by atoms with Gasteiger partial charge in [0.15, 0.2) is 0 Å². The van der Waals surface area contributed by atoms with E-state index in [0.717, 1.165) is 0 Å². The van der Waals surface area contributed by atoms with Crippen LogP contribution >= 0.6 is 0 Å². The van der Waals surface area contributed by atoms with E-state index in [1.54, 1.807) is 32.1 Å². The second kappa shape index (κ2) is 17.8. The molecule has 2 nitrogen and oxygen atoms in total. The molecule has 0 radical (unpaired) electrons. The minimum absolute atomic E-state index is 0.146. The molecule has 0 unspecified atom stereocenters. The fourth-order valence-electron chi connectivity index (χ4n) is 1.71. The van der Waals surface area contributed by atoms with E-state index in [2.05, 4.69) is 112 Å². The van der Waals surface area contributed by atoms with Crippen LogP contribution in [-0.2, 0) is 19.2 Å². The number of nitrogens with zero attached hydrogens (tertiary/aromatic N) is 2. The minimum Gasteiger partial charge on any atom is -0.668 e. The Morgan fingerprint density at radius 3 is 1.39 bits per heavy atom. The standard InChI is InChI=1S/C10H22Si2.C5H5.C4H9.2C2H6N.Ti/c1-11(2,3)9-7-8-10-12(4,5)6;1-2-4-5-3-1;1-4(2)3;2*1-3-2;/h7-10H,1-6H3;1-3H,4H2;1-3H3;2*1-2H3;/q;;;2*-1;+2. The van der Waals surface area contributed by atoms with Crippen molar-refractivity contribution >= 4 is 16.1 Å². The fraction of sp³-hybridized carbons (Fsp3) is 0.652. The summed E-state index contributed by atoms with van der Waals surface area (Å²) < 4.78 is 2.28. The van der Waals surface area contributed by atoms with Crippen molar-refractivity contribution in [1.82, 2.24) is 0 Å². The van der Waals surface area contributed by atoms with E-state index in [1.807, 2.05) is 0 Å². The number of rotatable bonds is 4. The van der Waals surface area contributed by atoms with Gasteiger partial charge in [-0.25, -0.2) is 0 Å². The molecular formula is C23H48N2Si2Ti. The molecule has 0 aliphatic heterocycles. The summed E-state index contributed by atoms with van der Waals surface area (Å²) in [4.78, 5) is 0. The van der Waals surface area contributed by atoms with E-state index in [-0.39, 0.29) is 19.2 Å². The van der Waals surface area contributed by atoms with E-state index in [0.29, 0.717) is 3.72 Å². The summed E-state index contributed by atoms with van der Waals surface area (Å²) in [7, 11) is 5.06. The Morgan fingerprint density at radius 1 is 0.821 bits per heavy atom. The predicted octanol–water partition coefficient (Wildman–Crippen LogP) is 8.22. The van der Waals surface area contributed by atoms with Crippen molar-refractivity contribution in [2.24, 2.45) is 0 Å². The van der Waals surface area contributed by atoms with Gasteiger partial charge in [0.2, 0.25) is 0 Å². The average Bonchev–Trinajstić information content (AvgIpc) is 2.95. The van der Waals surface area contributed by atoms with Crippen LogP contribution in [-0.4, -0.2) is 44.3 Å². The summed E-state index contributed by atoms with van der Waals surface area (Å²) in [6.07, 6.45) is 12.4. The van der Waals surface area contributed by atoms with Crippen molar-refractivity contribution in [2.45, 2.75) is 70.2 Å². The molecule has 0 saturated carbocycles. The third-order valence-corrected chi connectivity index (χ3v) is 7.25. The van der Waals surface area contributed by atoms with Gasteiger partial charge in [0.1, 0.15) is 0 Å². The van der Waals surface area contributed by atoms with Gasteiger partial charge >= 0.3 is 72.2 Å². The smallest absolute Gasteiger partial charge is 0.0686 e. The predicted molar refractivity (Wildman–Crippen MR) is 137 cm³/mol. The number of allylic oxidation sites excluding steroid dienone is 6. The molecule has 0 bridgehead atoms. The fourth-order valence-corrected chi connectivity index (χ4v) is 5.22. The molecule has 0 aromatic carbocycles. The Labute approximate surface area is 189 Å². The maximum absolute atomic E-state index is 3.50. The van der Waals surface area contributed by atoms with E-state index in [4.69, 9.17) is 0 Å². The summed E-state index contributed by atoms with van der Waals surface area (Å²) in [6, 6.07) is 0. The van der Waals surface area contributed by atoms with Crippen molar-refractivity contribution < 1.29 is 19.2 Å². The molecule has 0 N–H and O–H groups in total. The van der Waals surface area contributed by atoms with Crippen molar-refractivity contribution in [1.29, 1.82) is 0 Å². The average molecular weight is 457 g/mol. The quantitative estimate of drug-likeness (QED) is 0.301. The van der Waals surface area contributed by atoms with Gasteiger partial charge < -0.3 is 10.6 Å². The maximum atomic E-state index is 3.50. The summed E-state index contributed by atoms with van der Waals surface area (Å²) in [5.74, 6) is 0. The van der Waals surface area contributed by atoms with Gasteiger partial charge in [-0.2, -0.15) is 28.2 Å². The van der Waals surface area contributed by atoms with Gasteiger partial charge in [0, 0.05) is 0 Å². The van der Waals surface area contributed by atoms with Gasteiger partial charge in [-0.3, -0.25) is 0 Å². The third-order valence-electron chi connectivity index (χ3n) is 2.61. The van der Waals surface area contributed by atoms with Crippen LogP contribution < -0.4 is 0 Å². The zero-order valence-electron chi connectivity index (χ0n) is 21.1. The molecule has 0 atom stereocenters. The first-order valence-corrected chi connectivity index (χ1v) is 18.8. The van der Waals surface area contributed by atoms with Gasteiger partial charge in [-0.05, 0) is 0 Å². The van der Waals surface area contributed by atoms with Crippen molar-refractivity contribution in [3.63, 3.8) is 0 Å². The van der Waals surface area contributed by atoms with E-state index in [1.165, 1.54) is 6.42 Å². The summed E-state index contributed by atoms with van der Waals surface area (Å²) >= 11 is 0.146. The minimum atomic E-state index is -0.970. The number of hydrogen-bond donors (Lipinski definition) is 0. The zero-order chi connectivity index (χ0) is 22.9. The maximum Gasteiger partial charge on any atom is 0.0686 e. The van der Waals surface area contributed by atoms with Crippen molar-refractivity contribution in [3.05, 3.63) is 56.3 Å². The van der Waals surface area contributed by atoms with E-state index >= 15 is 0 Å². The molecule has 0 fully saturated rings. The Morgan fingerprint density at radius 2 is 1.18 bits per heavy atom.